The molecule has 3 aliphatic rings. The van der Waals surface area contributed by atoms with Gasteiger partial charge in [0.05, 0.1) is 18.4 Å². The monoisotopic (exact) mass is 347 g/mol. The molecule has 7 nitrogen and oxygen atoms in total. The fraction of sp³-hybridized carbons (Fsp3) is 0.556. The summed E-state index contributed by atoms with van der Waals surface area (Å²) in [6, 6.07) is 5.40. The summed E-state index contributed by atoms with van der Waals surface area (Å²) < 4.78 is 22.0. The molecular formula is C18H21NO6. The summed E-state index contributed by atoms with van der Waals surface area (Å²) in [4.78, 5) is 24.4. The Kier molecular flexibility index (Phi) is 4.48. The lowest BCUT2D eigenvalue weighted by molar-refractivity contribution is -0.141. The first-order valence-corrected chi connectivity index (χ1v) is 8.69. The average Bonchev–Trinajstić information content (AvgIpc) is 3.29. The van der Waals surface area contributed by atoms with Gasteiger partial charge in [0.2, 0.25) is 5.91 Å². The normalized spacial score (nSPS) is 27.8. The van der Waals surface area contributed by atoms with E-state index in [-0.39, 0.29) is 24.4 Å². The van der Waals surface area contributed by atoms with Crippen LogP contribution in [0.3, 0.4) is 0 Å². The van der Waals surface area contributed by atoms with Gasteiger partial charge in [0.1, 0.15) is 19.3 Å². The first-order valence-electron chi connectivity index (χ1n) is 8.69. The Morgan fingerprint density at radius 3 is 2.80 bits per heavy atom. The summed E-state index contributed by atoms with van der Waals surface area (Å²) in [7, 11) is 0. The van der Waals surface area contributed by atoms with Crippen LogP contribution in [0.1, 0.15) is 30.9 Å². The smallest absolute Gasteiger partial charge is 0.307 e. The number of fused-ring (bicyclic) bond motifs is 1. The van der Waals surface area contributed by atoms with E-state index < -0.39 is 12.0 Å². The molecule has 1 N–H and O–H groups in total. The fourth-order valence-corrected chi connectivity index (χ4v) is 3.48. The summed E-state index contributed by atoms with van der Waals surface area (Å²) in [6.07, 6.45) is 1.51. The number of hydrogen-bond donors (Lipinski definition) is 1. The lowest BCUT2D eigenvalue weighted by Crippen LogP contribution is -2.37. The van der Waals surface area contributed by atoms with Crippen LogP contribution in [-0.2, 0) is 19.1 Å². The van der Waals surface area contributed by atoms with Crippen molar-refractivity contribution in [1.82, 2.24) is 5.32 Å². The Morgan fingerprint density at radius 2 is 2.00 bits per heavy atom. The molecule has 0 spiro atoms. The van der Waals surface area contributed by atoms with Gasteiger partial charge in [0, 0.05) is 13.2 Å². The third-order valence-electron chi connectivity index (χ3n) is 4.77. The molecule has 2 fully saturated rings. The van der Waals surface area contributed by atoms with Gasteiger partial charge in [-0.1, -0.05) is 6.07 Å². The van der Waals surface area contributed by atoms with Gasteiger partial charge in [0.15, 0.2) is 11.5 Å². The minimum Gasteiger partial charge on any atom is -0.486 e. The number of rotatable bonds is 4. The lowest BCUT2D eigenvalue weighted by atomic mass is 9.94. The molecule has 1 aromatic rings. The average molecular weight is 347 g/mol. The molecule has 0 unspecified atom stereocenters. The number of esters is 1. The van der Waals surface area contributed by atoms with Crippen LogP contribution in [0.4, 0.5) is 0 Å². The summed E-state index contributed by atoms with van der Waals surface area (Å²) >= 11 is 0. The Balaban J connectivity index is 1.47. The molecule has 0 aromatic heterocycles. The Bertz CT molecular complexity index is 670. The van der Waals surface area contributed by atoms with Crippen molar-refractivity contribution in [2.45, 2.75) is 31.5 Å². The molecule has 2 saturated heterocycles. The predicted octanol–water partition coefficient (Wildman–Crippen LogP) is 1.36. The van der Waals surface area contributed by atoms with Crippen LogP contribution in [0.15, 0.2) is 18.2 Å². The van der Waals surface area contributed by atoms with Crippen LogP contribution in [0.25, 0.3) is 0 Å². The third-order valence-corrected chi connectivity index (χ3v) is 4.77. The van der Waals surface area contributed by atoms with Crippen molar-refractivity contribution >= 4 is 11.9 Å². The van der Waals surface area contributed by atoms with Crippen molar-refractivity contribution in [3.8, 4) is 11.5 Å². The molecule has 3 heterocycles. The first-order chi connectivity index (χ1) is 12.2. The number of carbonyl (C=O) groups is 2. The topological polar surface area (TPSA) is 83.1 Å². The van der Waals surface area contributed by atoms with Crippen molar-refractivity contribution in [3.63, 3.8) is 0 Å². The zero-order valence-corrected chi connectivity index (χ0v) is 13.9. The fourth-order valence-electron chi connectivity index (χ4n) is 3.48. The molecule has 134 valence electrons. The molecule has 0 aliphatic carbocycles. The molecule has 0 saturated carbocycles. The van der Waals surface area contributed by atoms with Crippen LogP contribution in [0, 0.1) is 5.92 Å². The van der Waals surface area contributed by atoms with Crippen LogP contribution < -0.4 is 14.8 Å². The van der Waals surface area contributed by atoms with Gasteiger partial charge in [-0.15, -0.1) is 0 Å². The zero-order valence-electron chi connectivity index (χ0n) is 13.9. The van der Waals surface area contributed by atoms with Crippen LogP contribution in [-0.4, -0.2) is 44.3 Å². The van der Waals surface area contributed by atoms with Crippen LogP contribution in [0.5, 0.6) is 11.5 Å². The van der Waals surface area contributed by atoms with E-state index in [4.69, 9.17) is 18.9 Å². The van der Waals surface area contributed by atoms with Gasteiger partial charge in [-0.3, -0.25) is 9.59 Å². The van der Waals surface area contributed by atoms with E-state index in [0.29, 0.717) is 31.3 Å². The third kappa shape index (κ3) is 3.42. The lowest BCUT2D eigenvalue weighted by Gasteiger charge is -2.22. The number of ether oxygens (including phenoxy) is 4. The summed E-state index contributed by atoms with van der Waals surface area (Å²) in [5, 5.41) is 2.90. The molecule has 3 atom stereocenters. The highest BCUT2D eigenvalue weighted by molar-refractivity contribution is 5.87. The maximum absolute atomic E-state index is 12.6. The SMILES string of the molecule is O=C1C[C@@H](C(=O)NC[C@@H]2CCCO2)[C@@H](c2ccc3c(c2)OCCO3)O1. The molecule has 1 aromatic carbocycles. The van der Waals surface area contributed by atoms with E-state index in [1.54, 1.807) is 12.1 Å². The predicted molar refractivity (Wildman–Crippen MR) is 86.4 cm³/mol. The van der Waals surface area contributed by atoms with Gasteiger partial charge in [0.25, 0.3) is 0 Å². The minimum atomic E-state index is -0.604. The van der Waals surface area contributed by atoms with E-state index >= 15 is 0 Å². The zero-order chi connectivity index (χ0) is 17.2. The summed E-state index contributed by atoms with van der Waals surface area (Å²) in [5.41, 5.74) is 0.743. The second kappa shape index (κ2) is 6.92. The van der Waals surface area contributed by atoms with Gasteiger partial charge >= 0.3 is 5.97 Å². The Labute approximate surface area is 145 Å². The number of amides is 1. The van der Waals surface area contributed by atoms with E-state index in [2.05, 4.69) is 5.32 Å². The molecule has 0 radical (unpaired) electrons. The van der Waals surface area contributed by atoms with E-state index in [1.165, 1.54) is 0 Å². The maximum Gasteiger partial charge on any atom is 0.307 e. The van der Waals surface area contributed by atoms with E-state index in [0.717, 1.165) is 25.0 Å². The van der Waals surface area contributed by atoms with Gasteiger partial charge in [-0.25, -0.2) is 0 Å². The van der Waals surface area contributed by atoms with Crippen molar-refractivity contribution in [3.05, 3.63) is 23.8 Å². The largest absolute Gasteiger partial charge is 0.486 e. The number of nitrogens with one attached hydrogen (secondary N) is 1. The molecule has 7 heteroatoms. The molecule has 4 rings (SSSR count). The second-order valence-electron chi connectivity index (χ2n) is 6.50. The number of carbonyl (C=O) groups excluding carboxylic acids is 2. The van der Waals surface area contributed by atoms with Crippen molar-refractivity contribution in [1.29, 1.82) is 0 Å². The molecular weight excluding hydrogens is 326 g/mol. The summed E-state index contributed by atoms with van der Waals surface area (Å²) in [6.45, 7) is 2.20. The highest BCUT2D eigenvalue weighted by Crippen LogP contribution is 2.40. The highest BCUT2D eigenvalue weighted by atomic mass is 16.6. The van der Waals surface area contributed by atoms with E-state index in [9.17, 15) is 9.59 Å². The molecule has 1 amide bonds. The number of benzene rings is 1. The number of hydrogen-bond acceptors (Lipinski definition) is 6. The quantitative estimate of drug-likeness (QED) is 0.828. The molecule has 0 bridgehead atoms. The molecule has 3 aliphatic heterocycles. The standard InChI is InChI=1S/C18H21NO6/c20-16-9-13(18(21)19-10-12-2-1-5-22-12)17(25-16)11-3-4-14-15(8-11)24-7-6-23-14/h3-4,8,12-13,17H,1-2,5-7,9-10H2,(H,19,21)/t12-,13+,17+/m0/s1. The summed E-state index contributed by atoms with van der Waals surface area (Å²) in [5.74, 6) is 0.193. The molecule has 25 heavy (non-hydrogen) atoms. The van der Waals surface area contributed by atoms with Gasteiger partial charge < -0.3 is 24.3 Å². The van der Waals surface area contributed by atoms with Gasteiger partial charge in [-0.2, -0.15) is 0 Å². The van der Waals surface area contributed by atoms with Crippen molar-refractivity contribution in [2.24, 2.45) is 5.92 Å². The second-order valence-corrected chi connectivity index (χ2v) is 6.50. The first kappa shape index (κ1) is 16.2. The van der Waals surface area contributed by atoms with Crippen LogP contribution in [0.2, 0.25) is 0 Å². The van der Waals surface area contributed by atoms with Crippen LogP contribution >= 0.6 is 0 Å². The number of cyclic esters (lactones) is 1. The highest BCUT2D eigenvalue weighted by Gasteiger charge is 2.41. The Morgan fingerprint density at radius 1 is 1.16 bits per heavy atom. The minimum absolute atomic E-state index is 0.0646. The van der Waals surface area contributed by atoms with Gasteiger partial charge in [-0.05, 0) is 30.5 Å². The Hall–Kier alpha value is -2.28. The van der Waals surface area contributed by atoms with Crippen molar-refractivity contribution < 1.29 is 28.5 Å². The van der Waals surface area contributed by atoms with Crippen molar-refractivity contribution in [2.75, 3.05) is 26.4 Å². The maximum atomic E-state index is 12.6. The van der Waals surface area contributed by atoms with E-state index in [1.807, 2.05) is 6.07 Å².